The molecule has 1 N–H and O–H groups in total. The summed E-state index contributed by atoms with van der Waals surface area (Å²) in [6.45, 7) is 4.03. The van der Waals surface area contributed by atoms with E-state index in [1.54, 1.807) is 30.3 Å². The summed E-state index contributed by atoms with van der Waals surface area (Å²) in [4.78, 5) is 23.5. The molecule has 0 saturated heterocycles. The number of anilines is 1. The van der Waals surface area contributed by atoms with Crippen molar-refractivity contribution >= 4 is 23.6 Å². The van der Waals surface area contributed by atoms with Crippen LogP contribution in [-0.4, -0.2) is 19.0 Å². The Morgan fingerprint density at radius 2 is 1.83 bits per heavy atom. The molecule has 0 bridgehead atoms. The standard InChI is InChI=1S/C20H21NO3/c1-4-16-7-5-6-14(2)19(16)21-18(22)13-10-15-8-11-17(12-9-15)20(23)24-3/h5-13H,4H2,1-3H3,(H,21,22)/b13-10+. The van der Waals surface area contributed by atoms with Crippen LogP contribution < -0.4 is 5.32 Å². The molecule has 0 fully saturated rings. The molecule has 2 rings (SSSR count). The van der Waals surface area contributed by atoms with E-state index < -0.39 is 0 Å². The first-order chi connectivity index (χ1) is 11.5. The van der Waals surface area contributed by atoms with Gasteiger partial charge in [0.2, 0.25) is 5.91 Å². The molecule has 0 spiro atoms. The smallest absolute Gasteiger partial charge is 0.337 e. The number of methoxy groups -OCH3 is 1. The average molecular weight is 323 g/mol. The maximum atomic E-state index is 12.2. The Bertz CT molecular complexity index is 761. The van der Waals surface area contributed by atoms with Gasteiger partial charge in [0.15, 0.2) is 0 Å². The molecule has 24 heavy (non-hydrogen) atoms. The number of carbonyl (C=O) groups is 2. The van der Waals surface area contributed by atoms with E-state index in [-0.39, 0.29) is 11.9 Å². The molecule has 2 aromatic carbocycles. The van der Waals surface area contributed by atoms with E-state index in [0.717, 1.165) is 28.8 Å². The maximum Gasteiger partial charge on any atom is 0.337 e. The van der Waals surface area contributed by atoms with Crippen LogP contribution in [0.25, 0.3) is 6.08 Å². The van der Waals surface area contributed by atoms with Gasteiger partial charge in [-0.3, -0.25) is 4.79 Å². The lowest BCUT2D eigenvalue weighted by atomic mass is 10.1. The Morgan fingerprint density at radius 1 is 1.12 bits per heavy atom. The molecule has 0 unspecified atom stereocenters. The fourth-order valence-corrected chi connectivity index (χ4v) is 2.39. The summed E-state index contributed by atoms with van der Waals surface area (Å²) < 4.78 is 4.65. The van der Waals surface area contributed by atoms with Crippen LogP contribution in [0.1, 0.15) is 34.0 Å². The third-order valence-corrected chi connectivity index (χ3v) is 3.75. The molecule has 0 saturated carbocycles. The van der Waals surface area contributed by atoms with Crippen LogP contribution in [0.2, 0.25) is 0 Å². The zero-order chi connectivity index (χ0) is 17.5. The first-order valence-electron chi connectivity index (χ1n) is 7.81. The van der Waals surface area contributed by atoms with E-state index >= 15 is 0 Å². The van der Waals surface area contributed by atoms with E-state index in [9.17, 15) is 9.59 Å². The Labute approximate surface area is 142 Å². The highest BCUT2D eigenvalue weighted by Gasteiger charge is 2.07. The quantitative estimate of drug-likeness (QED) is 0.668. The number of aryl methyl sites for hydroxylation is 2. The van der Waals surface area contributed by atoms with E-state index in [1.807, 2.05) is 25.1 Å². The van der Waals surface area contributed by atoms with Crippen molar-refractivity contribution in [3.05, 3.63) is 70.8 Å². The van der Waals surface area contributed by atoms with E-state index in [1.165, 1.54) is 13.2 Å². The van der Waals surface area contributed by atoms with Gasteiger partial charge in [0.05, 0.1) is 12.7 Å². The second-order valence-electron chi connectivity index (χ2n) is 5.40. The summed E-state index contributed by atoms with van der Waals surface area (Å²) in [5.74, 6) is -0.564. The van der Waals surface area contributed by atoms with Crippen LogP contribution >= 0.6 is 0 Å². The molecule has 4 heteroatoms. The average Bonchev–Trinajstić information content (AvgIpc) is 2.61. The van der Waals surface area contributed by atoms with Crippen molar-refractivity contribution in [1.29, 1.82) is 0 Å². The first-order valence-corrected chi connectivity index (χ1v) is 7.81. The molecule has 0 aliphatic heterocycles. The van der Waals surface area contributed by atoms with Gasteiger partial charge in [-0.1, -0.05) is 37.3 Å². The summed E-state index contributed by atoms with van der Waals surface area (Å²) in [6.07, 6.45) is 4.05. The summed E-state index contributed by atoms with van der Waals surface area (Å²) in [5, 5.41) is 2.94. The van der Waals surface area contributed by atoms with Crippen molar-refractivity contribution in [2.45, 2.75) is 20.3 Å². The van der Waals surface area contributed by atoms with Crippen LogP contribution in [0.4, 0.5) is 5.69 Å². The number of nitrogens with one attached hydrogen (secondary N) is 1. The van der Waals surface area contributed by atoms with Gasteiger partial charge in [-0.15, -0.1) is 0 Å². The predicted molar refractivity (Wildman–Crippen MR) is 96.0 cm³/mol. The number of amides is 1. The first kappa shape index (κ1) is 17.5. The highest BCUT2D eigenvalue weighted by Crippen LogP contribution is 2.21. The Balaban J connectivity index is 2.07. The van der Waals surface area contributed by atoms with Crippen LogP contribution in [0.3, 0.4) is 0 Å². The minimum absolute atomic E-state index is 0.184. The fourth-order valence-electron chi connectivity index (χ4n) is 2.39. The SMILES string of the molecule is CCc1cccc(C)c1NC(=O)/C=C/c1ccc(C(=O)OC)cc1. The molecule has 0 aliphatic rings. The molecule has 2 aromatic rings. The Kier molecular flexibility index (Phi) is 5.90. The second-order valence-corrected chi connectivity index (χ2v) is 5.40. The van der Waals surface area contributed by atoms with E-state index in [0.29, 0.717) is 5.56 Å². The maximum absolute atomic E-state index is 12.2. The molecule has 0 heterocycles. The topological polar surface area (TPSA) is 55.4 Å². The zero-order valence-corrected chi connectivity index (χ0v) is 14.1. The van der Waals surface area contributed by atoms with E-state index in [4.69, 9.17) is 0 Å². The van der Waals surface area contributed by atoms with Crippen LogP contribution in [-0.2, 0) is 16.0 Å². The van der Waals surface area contributed by atoms with Crippen LogP contribution in [0.5, 0.6) is 0 Å². The lowest BCUT2D eigenvalue weighted by molar-refractivity contribution is -0.111. The van der Waals surface area contributed by atoms with Crippen molar-refractivity contribution in [2.24, 2.45) is 0 Å². The minimum Gasteiger partial charge on any atom is -0.465 e. The van der Waals surface area contributed by atoms with E-state index in [2.05, 4.69) is 17.0 Å². The number of para-hydroxylation sites is 1. The molecular weight excluding hydrogens is 302 g/mol. The van der Waals surface area contributed by atoms with Gasteiger partial charge in [0, 0.05) is 11.8 Å². The van der Waals surface area contributed by atoms with Crippen molar-refractivity contribution in [2.75, 3.05) is 12.4 Å². The zero-order valence-electron chi connectivity index (χ0n) is 14.1. The van der Waals surface area contributed by atoms with Gasteiger partial charge >= 0.3 is 5.97 Å². The van der Waals surface area contributed by atoms with Crippen molar-refractivity contribution in [3.63, 3.8) is 0 Å². The monoisotopic (exact) mass is 323 g/mol. The molecule has 0 aliphatic carbocycles. The number of rotatable bonds is 5. The van der Waals surface area contributed by atoms with Gasteiger partial charge in [-0.25, -0.2) is 4.79 Å². The van der Waals surface area contributed by atoms with Crippen molar-refractivity contribution in [1.82, 2.24) is 0 Å². The van der Waals surface area contributed by atoms with Crippen LogP contribution in [0.15, 0.2) is 48.5 Å². The molecule has 0 atom stereocenters. The normalized spacial score (nSPS) is 10.6. The highest BCUT2D eigenvalue weighted by atomic mass is 16.5. The fraction of sp³-hybridized carbons (Fsp3) is 0.200. The molecular formula is C20H21NO3. The summed E-state index contributed by atoms with van der Waals surface area (Å²) >= 11 is 0. The number of carbonyl (C=O) groups excluding carboxylic acids is 2. The lowest BCUT2D eigenvalue weighted by Crippen LogP contribution is -2.11. The largest absolute Gasteiger partial charge is 0.465 e. The predicted octanol–water partition coefficient (Wildman–Crippen LogP) is 4.00. The summed E-state index contributed by atoms with van der Waals surface area (Å²) in [7, 11) is 1.34. The van der Waals surface area contributed by atoms with Gasteiger partial charge in [0.25, 0.3) is 0 Å². The third kappa shape index (κ3) is 4.32. The Hall–Kier alpha value is -2.88. The van der Waals surface area contributed by atoms with Gasteiger partial charge < -0.3 is 10.1 Å². The van der Waals surface area contributed by atoms with Crippen molar-refractivity contribution < 1.29 is 14.3 Å². The molecule has 124 valence electrons. The number of ether oxygens (including phenoxy) is 1. The minimum atomic E-state index is -0.380. The summed E-state index contributed by atoms with van der Waals surface area (Å²) in [6, 6.07) is 12.8. The molecule has 1 amide bonds. The number of esters is 1. The van der Waals surface area contributed by atoms with Crippen LogP contribution in [0, 0.1) is 6.92 Å². The Morgan fingerprint density at radius 3 is 2.46 bits per heavy atom. The molecule has 0 aromatic heterocycles. The number of hydrogen-bond acceptors (Lipinski definition) is 3. The number of hydrogen-bond donors (Lipinski definition) is 1. The second kappa shape index (κ2) is 8.11. The third-order valence-electron chi connectivity index (χ3n) is 3.75. The van der Waals surface area contributed by atoms with Crippen molar-refractivity contribution in [3.8, 4) is 0 Å². The lowest BCUT2D eigenvalue weighted by Gasteiger charge is -2.11. The highest BCUT2D eigenvalue weighted by molar-refractivity contribution is 6.02. The van der Waals surface area contributed by atoms with Gasteiger partial charge in [-0.2, -0.15) is 0 Å². The number of benzene rings is 2. The van der Waals surface area contributed by atoms with Gasteiger partial charge in [0.1, 0.15) is 0 Å². The van der Waals surface area contributed by atoms with Gasteiger partial charge in [-0.05, 0) is 48.2 Å². The molecule has 0 radical (unpaired) electrons. The summed E-state index contributed by atoms with van der Waals surface area (Å²) in [5.41, 5.74) is 4.33. The molecule has 4 nitrogen and oxygen atoms in total.